The van der Waals surface area contributed by atoms with Gasteiger partial charge in [-0.2, -0.15) is 8.42 Å². The summed E-state index contributed by atoms with van der Waals surface area (Å²) in [6, 6.07) is 10.3. The van der Waals surface area contributed by atoms with Crippen LogP contribution in [0.15, 0.2) is 54.4 Å². The molecule has 1 aromatic heterocycles. The minimum absolute atomic E-state index is 0.197. The zero-order valence-electron chi connectivity index (χ0n) is 17.9. The van der Waals surface area contributed by atoms with Crippen molar-refractivity contribution in [2.45, 2.75) is 32.1 Å². The molecule has 1 aromatic carbocycles. The number of hydrogen-bond acceptors (Lipinski definition) is 5. The number of benzene rings is 1. The lowest BCUT2D eigenvalue weighted by Gasteiger charge is -2.38. The molecule has 1 aliphatic carbocycles. The molecule has 2 aliphatic rings. The number of piperidine rings is 1. The Bertz CT molecular complexity index is 1190. The van der Waals surface area contributed by atoms with Crippen LogP contribution in [0.5, 0.6) is 0 Å². The summed E-state index contributed by atoms with van der Waals surface area (Å²) in [5.74, 6) is 5.79. The number of hydrogen-bond donors (Lipinski definition) is 1. The molecule has 1 N–H and O–H groups in total. The molecule has 1 aliphatic heterocycles. The number of carbonyl (C=O) groups is 1. The molecule has 8 heteroatoms. The predicted molar refractivity (Wildman–Crippen MR) is 122 cm³/mol. The number of anilines is 1. The number of fused-ring (bicyclic) bond motifs is 1. The van der Waals surface area contributed by atoms with Crippen molar-refractivity contribution >= 4 is 21.9 Å². The molecule has 1 atom stereocenters. The lowest BCUT2D eigenvalue weighted by atomic mass is 9.86. The average molecular weight is 452 g/mol. The van der Waals surface area contributed by atoms with E-state index in [1.54, 1.807) is 30.3 Å². The van der Waals surface area contributed by atoms with E-state index in [0.29, 0.717) is 29.3 Å². The van der Waals surface area contributed by atoms with Gasteiger partial charge in [-0.3, -0.25) is 9.03 Å². The maximum Gasteiger partial charge on any atom is 0.356 e. The van der Waals surface area contributed by atoms with Gasteiger partial charge in [0.15, 0.2) is 0 Å². The quantitative estimate of drug-likeness (QED) is 0.566. The zero-order valence-corrected chi connectivity index (χ0v) is 18.7. The van der Waals surface area contributed by atoms with E-state index in [4.69, 9.17) is 0 Å². The van der Waals surface area contributed by atoms with Crippen LogP contribution in [-0.2, 0) is 14.9 Å². The normalized spacial score (nSPS) is 18.0. The molecular formula is C24H25N3O4S. The summed E-state index contributed by atoms with van der Waals surface area (Å²) in [6.45, 7) is 0.490. The highest BCUT2D eigenvalue weighted by atomic mass is 32.2. The van der Waals surface area contributed by atoms with Crippen LogP contribution in [0.2, 0.25) is 0 Å². The summed E-state index contributed by atoms with van der Waals surface area (Å²) >= 11 is 0. The predicted octanol–water partition coefficient (Wildman–Crippen LogP) is 3.70. The summed E-state index contributed by atoms with van der Waals surface area (Å²) in [7, 11) is -2.45. The van der Waals surface area contributed by atoms with E-state index in [2.05, 4.69) is 32.4 Å². The third-order valence-electron chi connectivity index (χ3n) is 5.69. The third-order valence-corrected chi connectivity index (χ3v) is 7.14. The summed E-state index contributed by atoms with van der Waals surface area (Å²) in [6.07, 6.45) is 8.54. The molecule has 0 radical (unpaired) electrons. The minimum Gasteiger partial charge on any atom is -0.464 e. The summed E-state index contributed by atoms with van der Waals surface area (Å²) < 4.78 is 35.4. The monoisotopic (exact) mass is 451 g/mol. The first-order valence-electron chi connectivity index (χ1n) is 10.6. The number of nitrogens with zero attached hydrogens (tertiary/aromatic N) is 2. The van der Waals surface area contributed by atoms with Gasteiger partial charge in [-0.05, 0) is 62.3 Å². The van der Waals surface area contributed by atoms with Crippen molar-refractivity contribution in [2.75, 3.05) is 18.4 Å². The Morgan fingerprint density at radius 1 is 1.16 bits per heavy atom. The highest BCUT2D eigenvalue weighted by Gasteiger charge is 2.33. The number of carbonyl (C=O) groups excluding carboxylic acids is 1. The first-order chi connectivity index (χ1) is 15.5. The number of pyridine rings is 1. The zero-order chi connectivity index (χ0) is 22.6. The lowest BCUT2D eigenvalue weighted by molar-refractivity contribution is 0.0594. The fourth-order valence-electron chi connectivity index (χ4n) is 4.10. The van der Waals surface area contributed by atoms with E-state index in [-0.39, 0.29) is 5.69 Å². The number of ether oxygens (including phenoxy) is 1. The van der Waals surface area contributed by atoms with Crippen LogP contribution >= 0.6 is 0 Å². The van der Waals surface area contributed by atoms with Gasteiger partial charge in [0.2, 0.25) is 0 Å². The van der Waals surface area contributed by atoms with Gasteiger partial charge in [0.05, 0.1) is 12.8 Å². The fraction of sp³-hybridized carbons (Fsp3) is 0.333. The topological polar surface area (TPSA) is 88.6 Å². The second-order valence-electron chi connectivity index (χ2n) is 7.80. The minimum atomic E-state index is -3.75. The van der Waals surface area contributed by atoms with Crippen LogP contribution in [0, 0.1) is 17.8 Å². The van der Waals surface area contributed by atoms with Crippen molar-refractivity contribution in [1.82, 2.24) is 9.29 Å². The molecule has 4 rings (SSSR count). The van der Waals surface area contributed by atoms with Gasteiger partial charge in [0.25, 0.3) is 0 Å². The van der Waals surface area contributed by atoms with Crippen LogP contribution in [-0.4, -0.2) is 37.3 Å². The summed E-state index contributed by atoms with van der Waals surface area (Å²) in [4.78, 5) is 15.5. The van der Waals surface area contributed by atoms with E-state index in [0.717, 1.165) is 37.8 Å². The molecule has 1 saturated heterocycles. The molecule has 0 bridgehead atoms. The first-order valence-corrected chi connectivity index (χ1v) is 12.1. The molecule has 0 saturated carbocycles. The largest absolute Gasteiger partial charge is 0.464 e. The smallest absolute Gasteiger partial charge is 0.356 e. The van der Waals surface area contributed by atoms with Crippen LogP contribution < -0.4 is 4.72 Å². The van der Waals surface area contributed by atoms with Crippen LogP contribution in [0.1, 0.15) is 53.7 Å². The van der Waals surface area contributed by atoms with Gasteiger partial charge in [0.1, 0.15) is 5.69 Å². The van der Waals surface area contributed by atoms with E-state index >= 15 is 0 Å². The van der Waals surface area contributed by atoms with Crippen molar-refractivity contribution < 1.29 is 17.9 Å². The molecule has 1 fully saturated rings. The van der Waals surface area contributed by atoms with Crippen molar-refractivity contribution in [1.29, 1.82) is 0 Å². The molecule has 32 heavy (non-hydrogen) atoms. The van der Waals surface area contributed by atoms with Crippen molar-refractivity contribution in [2.24, 2.45) is 5.92 Å². The molecule has 2 aromatic rings. The maximum absolute atomic E-state index is 13.2. The van der Waals surface area contributed by atoms with E-state index in [1.807, 2.05) is 0 Å². The number of para-hydroxylation sites is 1. The van der Waals surface area contributed by atoms with Crippen molar-refractivity contribution in [3.63, 3.8) is 0 Å². The molecular weight excluding hydrogens is 426 g/mol. The Morgan fingerprint density at radius 2 is 1.97 bits per heavy atom. The Kier molecular flexibility index (Phi) is 6.47. The number of allylic oxidation sites excluding steroid dienone is 2. The van der Waals surface area contributed by atoms with Gasteiger partial charge in [-0.15, -0.1) is 0 Å². The van der Waals surface area contributed by atoms with Gasteiger partial charge >= 0.3 is 16.2 Å². The highest BCUT2D eigenvalue weighted by molar-refractivity contribution is 7.90. The molecule has 1 unspecified atom stereocenters. The Labute approximate surface area is 188 Å². The third kappa shape index (κ3) is 4.78. The molecule has 0 amide bonds. The maximum atomic E-state index is 13.2. The Morgan fingerprint density at radius 3 is 2.75 bits per heavy atom. The molecule has 0 spiro atoms. The Balaban J connectivity index is 1.56. The van der Waals surface area contributed by atoms with Crippen LogP contribution in [0.25, 0.3) is 0 Å². The van der Waals surface area contributed by atoms with E-state index in [1.165, 1.54) is 23.7 Å². The van der Waals surface area contributed by atoms with Gasteiger partial charge in [-0.1, -0.05) is 30.0 Å². The number of esters is 1. The van der Waals surface area contributed by atoms with Crippen LogP contribution in [0.3, 0.4) is 0 Å². The number of nitrogens with one attached hydrogen (secondary N) is 1. The lowest BCUT2D eigenvalue weighted by Crippen LogP contribution is -2.42. The number of aromatic nitrogens is 1. The summed E-state index contributed by atoms with van der Waals surface area (Å²) in [5, 5.41) is 0. The van der Waals surface area contributed by atoms with Gasteiger partial charge < -0.3 is 4.74 Å². The second-order valence-corrected chi connectivity index (χ2v) is 9.39. The Hall–Kier alpha value is -3.31. The van der Waals surface area contributed by atoms with Crippen molar-refractivity contribution in [3.8, 4) is 11.8 Å². The highest BCUT2D eigenvalue weighted by Crippen LogP contribution is 2.36. The van der Waals surface area contributed by atoms with E-state index < -0.39 is 16.2 Å². The fourth-order valence-corrected chi connectivity index (χ4v) is 5.54. The average Bonchev–Trinajstić information content (AvgIpc) is 2.82. The molecule has 166 valence electrons. The van der Waals surface area contributed by atoms with E-state index in [9.17, 15) is 13.2 Å². The number of methoxy groups -OCH3 is 1. The first kappa shape index (κ1) is 21.9. The standard InChI is InChI=1S/C24H25N3O4S/c1-31-24(28)22-15-13-18(17-25-22)12-14-19-7-2-4-10-21(19)26-32(29,30)27-16-6-9-20-8-3-5-11-23(20)27/h2,4,7,10-11,13,15,17,20,26H,3,5-6,8-9,16H2,1H3. The molecule has 2 heterocycles. The number of rotatable bonds is 4. The SMILES string of the molecule is COC(=O)c1ccc(C#Cc2ccccc2NS(=O)(=O)N2CCCC3CCCC=C32)cn1. The van der Waals surface area contributed by atoms with Gasteiger partial charge in [0, 0.05) is 29.6 Å². The summed E-state index contributed by atoms with van der Waals surface area (Å²) in [5.41, 5.74) is 2.71. The van der Waals surface area contributed by atoms with Gasteiger partial charge in [-0.25, -0.2) is 9.78 Å². The second kappa shape index (κ2) is 9.45. The van der Waals surface area contributed by atoms with Crippen LogP contribution in [0.4, 0.5) is 5.69 Å². The molecule has 7 nitrogen and oxygen atoms in total. The van der Waals surface area contributed by atoms with Crippen molar-refractivity contribution in [3.05, 3.63) is 71.2 Å².